The van der Waals surface area contributed by atoms with Gasteiger partial charge in [0.1, 0.15) is 10.6 Å². The fourth-order valence-corrected chi connectivity index (χ4v) is 3.02. The molecule has 0 aliphatic heterocycles. The molecule has 0 fully saturated rings. The molecule has 0 spiro atoms. The van der Waals surface area contributed by atoms with E-state index in [1.54, 1.807) is 32.2 Å². The van der Waals surface area contributed by atoms with Crippen molar-refractivity contribution in [1.29, 1.82) is 0 Å². The second kappa shape index (κ2) is 6.83. The molecule has 122 valence electrons. The lowest BCUT2D eigenvalue weighted by Gasteiger charge is -2.11. The zero-order chi connectivity index (χ0) is 17.0. The van der Waals surface area contributed by atoms with E-state index in [4.69, 9.17) is 4.18 Å². The number of anilines is 1. The normalized spacial score (nSPS) is 11.1. The highest BCUT2D eigenvalue weighted by atomic mass is 32.2. The van der Waals surface area contributed by atoms with Gasteiger partial charge in [-0.05, 0) is 31.2 Å². The van der Waals surface area contributed by atoms with Gasteiger partial charge in [-0.3, -0.25) is 4.79 Å². The third kappa shape index (κ3) is 3.90. The molecule has 1 N–H and O–H groups in total. The van der Waals surface area contributed by atoms with Crippen molar-refractivity contribution in [3.63, 3.8) is 0 Å². The zero-order valence-electron chi connectivity index (χ0n) is 13.3. The Morgan fingerprint density at radius 3 is 2.35 bits per heavy atom. The standard InChI is InChI=1S/C17H19NO4S/c1-4-17(19)15-10-7-13(11-16(15)18-3)22-23(20,21)14-8-5-12(2)6-9-14/h5-11,18H,4H2,1-3H3. The summed E-state index contributed by atoms with van der Waals surface area (Å²) < 4.78 is 29.7. The molecule has 0 radical (unpaired) electrons. The highest BCUT2D eigenvalue weighted by Crippen LogP contribution is 2.26. The van der Waals surface area contributed by atoms with Crippen molar-refractivity contribution < 1.29 is 17.4 Å². The molecular formula is C17H19NO4S. The third-order valence-corrected chi connectivity index (χ3v) is 4.66. The van der Waals surface area contributed by atoms with E-state index in [-0.39, 0.29) is 16.4 Å². The van der Waals surface area contributed by atoms with Gasteiger partial charge < -0.3 is 9.50 Å². The van der Waals surface area contributed by atoms with Crippen molar-refractivity contribution in [2.75, 3.05) is 12.4 Å². The number of aryl methyl sites for hydroxylation is 1. The van der Waals surface area contributed by atoms with Gasteiger partial charge in [-0.2, -0.15) is 8.42 Å². The third-order valence-electron chi connectivity index (χ3n) is 3.40. The highest BCUT2D eigenvalue weighted by Gasteiger charge is 2.18. The SMILES string of the molecule is CCC(=O)c1ccc(OS(=O)(=O)c2ccc(C)cc2)cc1NC. The molecule has 0 aliphatic rings. The highest BCUT2D eigenvalue weighted by molar-refractivity contribution is 7.87. The number of carbonyl (C=O) groups is 1. The number of ketones is 1. The molecular weight excluding hydrogens is 314 g/mol. The first-order valence-corrected chi connectivity index (χ1v) is 8.64. The lowest BCUT2D eigenvalue weighted by Crippen LogP contribution is -2.10. The van der Waals surface area contributed by atoms with Crippen LogP contribution >= 0.6 is 0 Å². The average molecular weight is 333 g/mol. The number of carbonyl (C=O) groups excluding carboxylic acids is 1. The monoisotopic (exact) mass is 333 g/mol. The fourth-order valence-electron chi connectivity index (χ4n) is 2.10. The number of benzene rings is 2. The van der Waals surface area contributed by atoms with Gasteiger partial charge in [0.25, 0.3) is 0 Å². The van der Waals surface area contributed by atoms with Crippen LogP contribution in [0.1, 0.15) is 29.3 Å². The van der Waals surface area contributed by atoms with E-state index in [0.29, 0.717) is 17.7 Å². The van der Waals surface area contributed by atoms with E-state index in [0.717, 1.165) is 5.56 Å². The van der Waals surface area contributed by atoms with Gasteiger partial charge in [0, 0.05) is 30.8 Å². The Kier molecular flexibility index (Phi) is 5.05. The molecule has 0 unspecified atom stereocenters. The average Bonchev–Trinajstić information content (AvgIpc) is 2.54. The van der Waals surface area contributed by atoms with Crippen LogP contribution in [0.3, 0.4) is 0 Å². The molecule has 0 heterocycles. The predicted molar refractivity (Wildman–Crippen MR) is 89.6 cm³/mol. The van der Waals surface area contributed by atoms with Crippen LogP contribution in [-0.4, -0.2) is 21.2 Å². The van der Waals surface area contributed by atoms with Crippen molar-refractivity contribution in [3.05, 3.63) is 53.6 Å². The van der Waals surface area contributed by atoms with E-state index < -0.39 is 10.1 Å². The lowest BCUT2D eigenvalue weighted by molar-refractivity contribution is 0.0989. The summed E-state index contributed by atoms with van der Waals surface area (Å²) in [4.78, 5) is 11.9. The maximum atomic E-state index is 12.3. The Morgan fingerprint density at radius 2 is 1.78 bits per heavy atom. The maximum Gasteiger partial charge on any atom is 0.339 e. The molecule has 23 heavy (non-hydrogen) atoms. The topological polar surface area (TPSA) is 72.5 Å². The zero-order valence-corrected chi connectivity index (χ0v) is 14.1. The van der Waals surface area contributed by atoms with Gasteiger partial charge >= 0.3 is 10.1 Å². The van der Waals surface area contributed by atoms with Gasteiger partial charge in [0.2, 0.25) is 0 Å². The molecule has 0 bridgehead atoms. The van der Waals surface area contributed by atoms with Crippen molar-refractivity contribution in [2.24, 2.45) is 0 Å². The fraction of sp³-hybridized carbons (Fsp3) is 0.235. The van der Waals surface area contributed by atoms with E-state index >= 15 is 0 Å². The van der Waals surface area contributed by atoms with E-state index in [1.165, 1.54) is 24.3 Å². The van der Waals surface area contributed by atoms with Gasteiger partial charge in [0.15, 0.2) is 5.78 Å². The van der Waals surface area contributed by atoms with E-state index in [1.807, 2.05) is 6.92 Å². The van der Waals surface area contributed by atoms with Crippen molar-refractivity contribution in [1.82, 2.24) is 0 Å². The summed E-state index contributed by atoms with van der Waals surface area (Å²) in [6, 6.07) is 11.0. The number of rotatable bonds is 6. The Labute approximate surface area is 136 Å². The predicted octanol–water partition coefficient (Wildman–Crippen LogP) is 3.40. The maximum absolute atomic E-state index is 12.3. The molecule has 0 atom stereocenters. The summed E-state index contributed by atoms with van der Waals surface area (Å²) in [6.45, 7) is 3.65. The molecule has 6 heteroatoms. The number of hydrogen-bond acceptors (Lipinski definition) is 5. The minimum absolute atomic E-state index is 0.0257. The number of Topliss-reactive ketones (excluding diaryl/α,β-unsaturated/α-hetero) is 1. The molecule has 0 saturated heterocycles. The first-order chi connectivity index (χ1) is 10.9. The van der Waals surface area contributed by atoms with Crippen molar-refractivity contribution in [2.45, 2.75) is 25.2 Å². The quantitative estimate of drug-likeness (QED) is 0.648. The Hall–Kier alpha value is -2.34. The van der Waals surface area contributed by atoms with Crippen LogP contribution < -0.4 is 9.50 Å². The van der Waals surface area contributed by atoms with Gasteiger partial charge in [-0.25, -0.2) is 0 Å². The smallest absolute Gasteiger partial charge is 0.339 e. The Bertz CT molecular complexity index is 811. The minimum Gasteiger partial charge on any atom is -0.387 e. The second-order valence-corrected chi connectivity index (χ2v) is 6.63. The molecule has 2 rings (SSSR count). The molecule has 0 saturated carbocycles. The summed E-state index contributed by atoms with van der Waals surface area (Å²) >= 11 is 0. The van der Waals surface area contributed by atoms with E-state index in [2.05, 4.69) is 5.32 Å². The summed E-state index contributed by atoms with van der Waals surface area (Å²) in [5, 5.41) is 2.89. The molecule has 0 aliphatic carbocycles. The van der Waals surface area contributed by atoms with Crippen molar-refractivity contribution in [3.8, 4) is 5.75 Å². The van der Waals surface area contributed by atoms with Gasteiger partial charge in [0.05, 0.1) is 0 Å². The number of hydrogen-bond donors (Lipinski definition) is 1. The van der Waals surface area contributed by atoms with Crippen LogP contribution in [0, 0.1) is 6.92 Å². The second-order valence-electron chi connectivity index (χ2n) is 5.08. The Balaban J connectivity index is 2.32. The lowest BCUT2D eigenvalue weighted by atomic mass is 10.1. The van der Waals surface area contributed by atoms with Crippen LogP contribution in [0.4, 0.5) is 5.69 Å². The van der Waals surface area contributed by atoms with Crippen LogP contribution in [0.2, 0.25) is 0 Å². The first-order valence-electron chi connectivity index (χ1n) is 7.23. The van der Waals surface area contributed by atoms with Crippen LogP contribution in [0.15, 0.2) is 47.4 Å². The summed E-state index contributed by atoms with van der Waals surface area (Å²) in [5.74, 6) is 0.130. The van der Waals surface area contributed by atoms with Crippen LogP contribution in [-0.2, 0) is 10.1 Å². The Morgan fingerprint density at radius 1 is 1.13 bits per heavy atom. The number of nitrogens with one attached hydrogen (secondary N) is 1. The molecule has 2 aromatic rings. The minimum atomic E-state index is -3.91. The first kappa shape index (κ1) is 17.0. The van der Waals surface area contributed by atoms with Crippen LogP contribution in [0.5, 0.6) is 5.75 Å². The van der Waals surface area contributed by atoms with Gasteiger partial charge in [-0.1, -0.05) is 24.6 Å². The summed E-state index contributed by atoms with van der Waals surface area (Å²) in [7, 11) is -2.24. The van der Waals surface area contributed by atoms with Crippen LogP contribution in [0.25, 0.3) is 0 Å². The van der Waals surface area contributed by atoms with Gasteiger partial charge in [-0.15, -0.1) is 0 Å². The largest absolute Gasteiger partial charge is 0.387 e. The molecule has 0 amide bonds. The molecule has 5 nitrogen and oxygen atoms in total. The van der Waals surface area contributed by atoms with E-state index in [9.17, 15) is 13.2 Å². The summed E-state index contributed by atoms with van der Waals surface area (Å²) in [6.07, 6.45) is 0.372. The molecule has 0 aromatic heterocycles. The van der Waals surface area contributed by atoms with Crippen molar-refractivity contribution >= 4 is 21.6 Å². The molecule has 2 aromatic carbocycles. The summed E-state index contributed by atoms with van der Waals surface area (Å²) in [5.41, 5.74) is 2.01.